The minimum Gasteiger partial charge on any atom is -0.494 e. The molecule has 1 amide bonds. The maximum Gasteiger partial charge on any atom is 0.260 e. The van der Waals surface area contributed by atoms with Crippen molar-refractivity contribution in [3.8, 4) is 5.75 Å². The number of anilines is 1. The number of fused-ring (bicyclic) bond motifs is 1. The molecule has 0 saturated carbocycles. The molecule has 1 heterocycles. The predicted octanol–water partition coefficient (Wildman–Crippen LogP) is 4.99. The van der Waals surface area contributed by atoms with E-state index < -0.39 is 0 Å². The Morgan fingerprint density at radius 1 is 1.14 bits per heavy atom. The summed E-state index contributed by atoms with van der Waals surface area (Å²) in [6.07, 6.45) is 2.08. The van der Waals surface area contributed by atoms with Crippen LogP contribution in [0.25, 0.3) is 10.2 Å². The number of unbranched alkanes of at least 4 members (excludes halogenated alkanes) is 1. The summed E-state index contributed by atoms with van der Waals surface area (Å²) in [7, 11) is 4.01. The number of benzene rings is 2. The first-order valence-corrected chi connectivity index (χ1v) is 10.9. The quantitative estimate of drug-likeness (QED) is 0.465. The van der Waals surface area contributed by atoms with Crippen LogP contribution < -0.4 is 9.64 Å². The number of hydrogen-bond acceptors (Lipinski definition) is 5. The number of aryl methyl sites for hydroxylation is 1. The van der Waals surface area contributed by atoms with Crippen LogP contribution in [-0.4, -0.2) is 49.6 Å². The fourth-order valence-electron chi connectivity index (χ4n) is 2.93. The van der Waals surface area contributed by atoms with E-state index in [1.54, 1.807) is 16.2 Å². The molecule has 0 aliphatic carbocycles. The lowest BCUT2D eigenvalue weighted by Crippen LogP contribution is -2.36. The van der Waals surface area contributed by atoms with Gasteiger partial charge in [-0.2, -0.15) is 0 Å². The fraction of sp³-hybridized carbons (Fsp3) is 0.391. The van der Waals surface area contributed by atoms with Gasteiger partial charge in [0.2, 0.25) is 0 Å². The number of carbonyl (C=O) groups excluding carboxylic acids is 1. The molecule has 0 aliphatic heterocycles. The molecule has 0 fully saturated rings. The summed E-state index contributed by atoms with van der Waals surface area (Å²) in [5.41, 5.74) is 2.74. The Balaban J connectivity index is 1.89. The lowest BCUT2D eigenvalue weighted by atomic mass is 10.2. The number of nitrogens with zero attached hydrogens (tertiary/aromatic N) is 3. The highest BCUT2D eigenvalue weighted by atomic mass is 32.1. The summed E-state index contributed by atoms with van der Waals surface area (Å²) >= 11 is 1.56. The van der Waals surface area contributed by atoms with E-state index in [4.69, 9.17) is 9.72 Å². The Hall–Kier alpha value is -2.44. The first-order chi connectivity index (χ1) is 14.0. The zero-order valence-electron chi connectivity index (χ0n) is 17.6. The molecule has 0 bridgehead atoms. The molecule has 0 atom stereocenters. The summed E-state index contributed by atoms with van der Waals surface area (Å²) in [6, 6.07) is 13.6. The monoisotopic (exact) mass is 411 g/mol. The van der Waals surface area contributed by atoms with Gasteiger partial charge in [-0.25, -0.2) is 4.98 Å². The van der Waals surface area contributed by atoms with Crippen LogP contribution in [0.15, 0.2) is 42.5 Å². The summed E-state index contributed by atoms with van der Waals surface area (Å²) in [4.78, 5) is 22.0. The summed E-state index contributed by atoms with van der Waals surface area (Å²) < 4.78 is 6.89. The second-order valence-corrected chi connectivity index (χ2v) is 8.47. The predicted molar refractivity (Wildman–Crippen MR) is 121 cm³/mol. The first kappa shape index (κ1) is 21.3. The van der Waals surface area contributed by atoms with Crippen molar-refractivity contribution in [3.63, 3.8) is 0 Å². The van der Waals surface area contributed by atoms with Crippen molar-refractivity contribution in [3.05, 3.63) is 53.6 Å². The van der Waals surface area contributed by atoms with Gasteiger partial charge in [0.25, 0.3) is 5.91 Å². The number of amides is 1. The van der Waals surface area contributed by atoms with Crippen LogP contribution >= 0.6 is 11.3 Å². The third-order valence-electron chi connectivity index (χ3n) is 4.63. The number of rotatable bonds is 9. The molecular formula is C23H29N3O2S. The van der Waals surface area contributed by atoms with Crippen LogP contribution in [0.5, 0.6) is 5.75 Å². The van der Waals surface area contributed by atoms with E-state index in [1.165, 1.54) is 5.56 Å². The van der Waals surface area contributed by atoms with Gasteiger partial charge in [-0.05, 0) is 63.3 Å². The molecule has 0 aliphatic rings. The Morgan fingerprint density at radius 3 is 2.72 bits per heavy atom. The third kappa shape index (κ3) is 5.55. The van der Waals surface area contributed by atoms with Gasteiger partial charge in [-0.1, -0.05) is 36.8 Å². The Morgan fingerprint density at radius 2 is 1.97 bits per heavy atom. The van der Waals surface area contributed by atoms with Crippen molar-refractivity contribution < 1.29 is 9.53 Å². The highest BCUT2D eigenvalue weighted by Crippen LogP contribution is 2.30. The van der Waals surface area contributed by atoms with E-state index >= 15 is 0 Å². The smallest absolute Gasteiger partial charge is 0.260 e. The summed E-state index contributed by atoms with van der Waals surface area (Å²) in [5.74, 6) is 0.681. The lowest BCUT2D eigenvalue weighted by molar-refractivity contribution is 0.0984. The van der Waals surface area contributed by atoms with Gasteiger partial charge in [0.1, 0.15) is 5.75 Å². The standard InChI is InChI=1S/C23H29N3O2S/c1-5-6-14-28-19-9-7-8-18(16-19)22(27)26(13-12-25(3)4)23-24-20-11-10-17(2)15-21(20)29-23/h7-11,15-16H,5-6,12-14H2,1-4H3. The fourth-order valence-corrected chi connectivity index (χ4v) is 4.02. The van der Waals surface area contributed by atoms with E-state index in [0.717, 1.165) is 40.5 Å². The molecule has 0 N–H and O–H groups in total. The van der Waals surface area contributed by atoms with Gasteiger partial charge in [0.15, 0.2) is 5.13 Å². The average Bonchev–Trinajstić information content (AvgIpc) is 3.11. The number of thiazole rings is 1. The average molecular weight is 412 g/mol. The van der Waals surface area contributed by atoms with Crippen molar-refractivity contribution in [2.45, 2.75) is 26.7 Å². The number of hydrogen-bond donors (Lipinski definition) is 0. The van der Waals surface area contributed by atoms with Crippen molar-refractivity contribution in [1.29, 1.82) is 0 Å². The summed E-state index contributed by atoms with van der Waals surface area (Å²) in [5, 5.41) is 0.731. The molecule has 0 unspecified atom stereocenters. The highest BCUT2D eigenvalue weighted by Gasteiger charge is 2.22. The number of likely N-dealkylation sites (N-methyl/N-ethyl adjacent to an activating group) is 1. The maximum atomic E-state index is 13.4. The first-order valence-electron chi connectivity index (χ1n) is 10.0. The molecule has 0 saturated heterocycles. The zero-order valence-corrected chi connectivity index (χ0v) is 18.5. The Labute approximate surface area is 176 Å². The topological polar surface area (TPSA) is 45.7 Å². The molecule has 0 radical (unpaired) electrons. The van der Waals surface area contributed by atoms with Crippen LogP contribution in [0.3, 0.4) is 0 Å². The van der Waals surface area contributed by atoms with E-state index in [-0.39, 0.29) is 5.91 Å². The normalized spacial score (nSPS) is 11.2. The van der Waals surface area contributed by atoms with Crippen LogP contribution in [0.1, 0.15) is 35.7 Å². The zero-order chi connectivity index (χ0) is 20.8. The van der Waals surface area contributed by atoms with E-state index in [1.807, 2.05) is 44.4 Å². The van der Waals surface area contributed by atoms with Gasteiger partial charge in [0.05, 0.1) is 16.8 Å². The van der Waals surface area contributed by atoms with Crippen LogP contribution in [0, 0.1) is 6.92 Å². The van der Waals surface area contributed by atoms with E-state index in [0.29, 0.717) is 18.7 Å². The molecule has 5 nitrogen and oxygen atoms in total. The Bertz CT molecular complexity index is 968. The molecule has 2 aromatic carbocycles. The molecule has 6 heteroatoms. The number of carbonyl (C=O) groups is 1. The van der Waals surface area contributed by atoms with Crippen molar-refractivity contribution in [2.24, 2.45) is 0 Å². The van der Waals surface area contributed by atoms with Crippen LogP contribution in [0.2, 0.25) is 0 Å². The minimum absolute atomic E-state index is 0.0523. The molecule has 29 heavy (non-hydrogen) atoms. The molecule has 3 aromatic rings. The minimum atomic E-state index is -0.0523. The van der Waals surface area contributed by atoms with Gasteiger partial charge in [-0.15, -0.1) is 0 Å². The van der Waals surface area contributed by atoms with Crippen LogP contribution in [-0.2, 0) is 0 Å². The van der Waals surface area contributed by atoms with Gasteiger partial charge in [-0.3, -0.25) is 9.69 Å². The summed E-state index contributed by atoms with van der Waals surface area (Å²) in [6.45, 7) is 6.19. The SMILES string of the molecule is CCCCOc1cccc(C(=O)N(CCN(C)C)c2nc3ccc(C)cc3s2)c1. The molecule has 3 rings (SSSR count). The highest BCUT2D eigenvalue weighted by molar-refractivity contribution is 7.22. The number of ether oxygens (including phenoxy) is 1. The van der Waals surface area contributed by atoms with Gasteiger partial charge < -0.3 is 9.64 Å². The number of aromatic nitrogens is 1. The van der Waals surface area contributed by atoms with Crippen molar-refractivity contribution in [1.82, 2.24) is 9.88 Å². The second kappa shape index (κ2) is 9.85. The molecule has 0 spiro atoms. The molecular weight excluding hydrogens is 382 g/mol. The Kier molecular flexibility index (Phi) is 7.23. The molecule has 154 valence electrons. The van der Waals surface area contributed by atoms with Crippen LogP contribution in [0.4, 0.5) is 5.13 Å². The van der Waals surface area contributed by atoms with Gasteiger partial charge >= 0.3 is 0 Å². The largest absolute Gasteiger partial charge is 0.494 e. The molecule has 1 aromatic heterocycles. The third-order valence-corrected chi connectivity index (χ3v) is 5.67. The van der Waals surface area contributed by atoms with Crippen molar-refractivity contribution in [2.75, 3.05) is 38.7 Å². The lowest BCUT2D eigenvalue weighted by Gasteiger charge is -2.22. The van der Waals surface area contributed by atoms with Crippen molar-refractivity contribution >= 4 is 32.6 Å². The van der Waals surface area contributed by atoms with Gasteiger partial charge in [0, 0.05) is 18.7 Å². The second-order valence-electron chi connectivity index (χ2n) is 7.46. The maximum absolute atomic E-state index is 13.4. The van der Waals surface area contributed by atoms with E-state index in [2.05, 4.69) is 30.9 Å². The van der Waals surface area contributed by atoms with E-state index in [9.17, 15) is 4.79 Å².